The molecule has 2 aliphatic carbocycles. The van der Waals surface area contributed by atoms with Crippen LogP contribution in [0.15, 0.2) is 67.0 Å². The van der Waals surface area contributed by atoms with Crippen LogP contribution in [0.25, 0.3) is 11.4 Å². The molecule has 4 heteroatoms. The van der Waals surface area contributed by atoms with E-state index < -0.39 is 11.4 Å². The van der Waals surface area contributed by atoms with Gasteiger partial charge in [0.1, 0.15) is 0 Å². The molecule has 2 aromatic carbocycles. The highest BCUT2D eigenvalue weighted by Crippen LogP contribution is 2.70. The molecule has 3 aromatic rings. The van der Waals surface area contributed by atoms with Gasteiger partial charge in [-0.05, 0) is 42.4 Å². The van der Waals surface area contributed by atoms with Gasteiger partial charge in [-0.1, -0.05) is 54.6 Å². The fourth-order valence-corrected chi connectivity index (χ4v) is 4.47. The van der Waals surface area contributed by atoms with E-state index in [4.69, 9.17) is 0 Å². The summed E-state index contributed by atoms with van der Waals surface area (Å²) in [5, 5.41) is 9.86. The maximum absolute atomic E-state index is 12.0. The first-order chi connectivity index (χ1) is 13.6. The average Bonchev–Trinajstić information content (AvgIpc) is 3.65. The van der Waals surface area contributed by atoms with E-state index in [0.29, 0.717) is 11.7 Å². The van der Waals surface area contributed by atoms with E-state index in [1.165, 1.54) is 18.4 Å². The van der Waals surface area contributed by atoms with Crippen LogP contribution >= 0.6 is 0 Å². The summed E-state index contributed by atoms with van der Waals surface area (Å²) in [6, 6.07) is 18.0. The molecule has 28 heavy (non-hydrogen) atoms. The molecule has 0 spiro atoms. The number of aromatic nitrogens is 2. The molecule has 5 rings (SSSR count). The number of hydrogen-bond donors (Lipinski definition) is 1. The Balaban J connectivity index is 1.42. The molecule has 1 heterocycles. The summed E-state index contributed by atoms with van der Waals surface area (Å²) in [5.74, 6) is 0.586. The van der Waals surface area contributed by atoms with Gasteiger partial charge in [-0.3, -0.25) is 4.79 Å². The number of nitrogens with zero attached hydrogens (tertiary/aromatic N) is 2. The highest BCUT2D eigenvalue weighted by atomic mass is 16.4. The van der Waals surface area contributed by atoms with Crippen LogP contribution in [0.5, 0.6) is 0 Å². The van der Waals surface area contributed by atoms with Gasteiger partial charge in [0.15, 0.2) is 5.82 Å². The number of aliphatic carboxylic acids is 1. The molecule has 3 unspecified atom stereocenters. The monoisotopic (exact) mass is 370 g/mol. The molecule has 0 amide bonds. The van der Waals surface area contributed by atoms with Crippen LogP contribution in [0.3, 0.4) is 0 Å². The quantitative estimate of drug-likeness (QED) is 0.687. The van der Waals surface area contributed by atoms with Crippen molar-refractivity contribution in [3.63, 3.8) is 0 Å². The van der Waals surface area contributed by atoms with Crippen molar-refractivity contribution in [1.29, 1.82) is 0 Å². The Morgan fingerprint density at radius 3 is 2.00 bits per heavy atom. The summed E-state index contributed by atoms with van der Waals surface area (Å²) in [7, 11) is 0. The van der Waals surface area contributed by atoms with E-state index in [2.05, 4.69) is 9.97 Å². The molecule has 1 aromatic heterocycles. The summed E-state index contributed by atoms with van der Waals surface area (Å²) < 4.78 is 0. The molecule has 1 N–H and O–H groups in total. The highest BCUT2D eigenvalue weighted by molar-refractivity contribution is 5.83. The summed E-state index contributed by atoms with van der Waals surface area (Å²) in [6.07, 6.45) is 6.34. The van der Waals surface area contributed by atoms with Gasteiger partial charge in [-0.25, -0.2) is 9.97 Å². The first-order valence-electron chi connectivity index (χ1n) is 9.79. The van der Waals surface area contributed by atoms with Gasteiger partial charge in [0.2, 0.25) is 0 Å². The number of rotatable bonds is 5. The molecule has 4 nitrogen and oxygen atoms in total. The van der Waals surface area contributed by atoms with Crippen LogP contribution in [0, 0.1) is 5.41 Å². The van der Waals surface area contributed by atoms with Crippen molar-refractivity contribution in [3.8, 4) is 11.4 Å². The van der Waals surface area contributed by atoms with Crippen molar-refractivity contribution in [2.24, 2.45) is 5.41 Å². The third kappa shape index (κ3) is 2.71. The molecule has 0 radical (unpaired) electrons. The molecular formula is C24H22N2O2. The second-order valence-corrected chi connectivity index (χ2v) is 8.19. The van der Waals surface area contributed by atoms with Crippen molar-refractivity contribution in [3.05, 3.63) is 83.7 Å². The van der Waals surface area contributed by atoms with Crippen LogP contribution in [0.4, 0.5) is 0 Å². The van der Waals surface area contributed by atoms with Crippen LogP contribution in [0.2, 0.25) is 0 Å². The second kappa shape index (κ2) is 6.26. The Kier molecular flexibility index (Phi) is 3.83. The molecule has 140 valence electrons. The Bertz CT molecular complexity index is 1010. The van der Waals surface area contributed by atoms with Gasteiger partial charge < -0.3 is 5.11 Å². The van der Waals surface area contributed by atoms with Crippen molar-refractivity contribution < 1.29 is 9.90 Å². The minimum atomic E-state index is -0.773. The Morgan fingerprint density at radius 2 is 1.46 bits per heavy atom. The minimum Gasteiger partial charge on any atom is -0.481 e. The van der Waals surface area contributed by atoms with Crippen molar-refractivity contribution in [1.82, 2.24) is 9.97 Å². The summed E-state index contributed by atoms with van der Waals surface area (Å²) >= 11 is 0. The third-order valence-electron chi connectivity index (χ3n) is 6.38. The zero-order chi connectivity index (χ0) is 19.3. The SMILES string of the molecule is CC1(C(=O)O)C(c2ccccc2)C1c1ccc(-c2ncc(C3CC3)cn2)cc1. The first-order valence-corrected chi connectivity index (χ1v) is 9.79. The van der Waals surface area contributed by atoms with E-state index >= 15 is 0 Å². The number of hydrogen-bond acceptors (Lipinski definition) is 3. The lowest BCUT2D eigenvalue weighted by molar-refractivity contribution is -0.143. The average molecular weight is 370 g/mol. The summed E-state index contributed by atoms with van der Waals surface area (Å²) in [4.78, 5) is 21.0. The van der Waals surface area contributed by atoms with Crippen molar-refractivity contribution in [2.45, 2.75) is 37.5 Å². The Labute approximate surface area is 164 Å². The first kappa shape index (κ1) is 17.1. The maximum Gasteiger partial charge on any atom is 0.310 e. The number of carbonyl (C=O) groups is 1. The lowest BCUT2D eigenvalue weighted by atomic mass is 10.00. The fraction of sp³-hybridized carbons (Fsp3) is 0.292. The number of benzene rings is 2. The maximum atomic E-state index is 12.0. The third-order valence-corrected chi connectivity index (χ3v) is 6.38. The zero-order valence-corrected chi connectivity index (χ0v) is 15.7. The van der Waals surface area contributed by atoms with Gasteiger partial charge in [0.05, 0.1) is 5.41 Å². The lowest BCUT2D eigenvalue weighted by Crippen LogP contribution is -2.14. The highest BCUT2D eigenvalue weighted by Gasteiger charge is 2.67. The van der Waals surface area contributed by atoms with E-state index in [-0.39, 0.29) is 11.8 Å². The largest absolute Gasteiger partial charge is 0.481 e. The predicted octanol–water partition coefficient (Wildman–Crippen LogP) is 4.99. The molecule has 3 atom stereocenters. The van der Waals surface area contributed by atoms with Gasteiger partial charge in [0, 0.05) is 29.8 Å². The van der Waals surface area contributed by atoms with Gasteiger partial charge in [-0.15, -0.1) is 0 Å². The molecular weight excluding hydrogens is 348 g/mol. The van der Waals surface area contributed by atoms with Crippen molar-refractivity contribution in [2.75, 3.05) is 0 Å². The van der Waals surface area contributed by atoms with Crippen molar-refractivity contribution >= 4 is 5.97 Å². The van der Waals surface area contributed by atoms with Crippen LogP contribution in [-0.2, 0) is 4.79 Å². The topological polar surface area (TPSA) is 63.1 Å². The second-order valence-electron chi connectivity index (χ2n) is 8.19. The smallest absolute Gasteiger partial charge is 0.310 e. The fourth-order valence-electron chi connectivity index (χ4n) is 4.47. The molecule has 2 saturated carbocycles. The van der Waals surface area contributed by atoms with E-state index in [0.717, 1.165) is 16.7 Å². The van der Waals surface area contributed by atoms with E-state index in [9.17, 15) is 9.90 Å². The Morgan fingerprint density at radius 1 is 0.893 bits per heavy atom. The molecule has 2 fully saturated rings. The molecule has 0 saturated heterocycles. The summed E-state index contributed by atoms with van der Waals surface area (Å²) in [5.41, 5.74) is 3.55. The normalized spacial score (nSPS) is 26.0. The number of carboxylic acids is 1. The predicted molar refractivity (Wildman–Crippen MR) is 107 cm³/mol. The molecule has 0 bridgehead atoms. The van der Waals surface area contributed by atoms with Crippen LogP contribution < -0.4 is 0 Å². The van der Waals surface area contributed by atoms with E-state index in [1.54, 1.807) is 0 Å². The summed E-state index contributed by atoms with van der Waals surface area (Å²) in [6.45, 7) is 1.85. The standard InChI is InChI=1S/C24H22N2O2/c1-24(23(27)28)20(16-5-3-2-4-6-16)21(24)17-9-11-18(12-10-17)22-25-13-19(14-26-22)15-7-8-15/h2-6,9-15,20-21H,7-8H2,1H3,(H,27,28). The molecule has 2 aliphatic rings. The van der Waals surface area contributed by atoms with Gasteiger partial charge in [-0.2, -0.15) is 0 Å². The van der Waals surface area contributed by atoms with Crippen LogP contribution in [-0.4, -0.2) is 21.0 Å². The Hall–Kier alpha value is -3.01. The van der Waals surface area contributed by atoms with Gasteiger partial charge >= 0.3 is 5.97 Å². The lowest BCUT2D eigenvalue weighted by Gasteiger charge is -2.06. The van der Waals surface area contributed by atoms with E-state index in [1.807, 2.05) is 73.9 Å². The van der Waals surface area contributed by atoms with Gasteiger partial charge in [0.25, 0.3) is 0 Å². The zero-order valence-electron chi connectivity index (χ0n) is 15.7. The molecule has 0 aliphatic heterocycles. The minimum absolute atomic E-state index is 0.00822. The van der Waals surface area contributed by atoms with Crippen LogP contribution in [0.1, 0.15) is 54.2 Å². The number of carboxylic acid groups (broad SMARTS) is 1.